The highest BCUT2D eigenvalue weighted by atomic mass is 35.5. The Labute approximate surface area is 223 Å². The van der Waals surface area contributed by atoms with Crippen LogP contribution in [-0.4, -0.2) is 26.8 Å². The molecule has 0 saturated carbocycles. The number of rotatable bonds is 8. The quantitative estimate of drug-likeness (QED) is 0.297. The summed E-state index contributed by atoms with van der Waals surface area (Å²) >= 11 is 7.23. The van der Waals surface area contributed by atoms with Gasteiger partial charge in [-0.2, -0.15) is 0 Å². The highest BCUT2D eigenvalue weighted by Crippen LogP contribution is 2.39. The zero-order chi connectivity index (χ0) is 26.0. The number of furan rings is 1. The molecule has 0 aliphatic heterocycles. The van der Waals surface area contributed by atoms with Crippen LogP contribution in [0.3, 0.4) is 0 Å². The summed E-state index contributed by atoms with van der Waals surface area (Å²) in [4.78, 5) is 27.2. The van der Waals surface area contributed by atoms with Crippen LogP contribution in [0.1, 0.15) is 43.3 Å². The molecule has 5 rings (SSSR count). The van der Waals surface area contributed by atoms with Crippen LogP contribution in [0.5, 0.6) is 0 Å². The molecule has 2 heterocycles. The van der Waals surface area contributed by atoms with E-state index in [9.17, 15) is 18.0 Å². The van der Waals surface area contributed by atoms with Crippen LogP contribution < -0.4 is 10.6 Å². The minimum Gasteiger partial charge on any atom is -0.439 e. The lowest BCUT2D eigenvalue weighted by Crippen LogP contribution is -2.27. The zero-order valence-corrected chi connectivity index (χ0v) is 22.0. The number of carbonyl (C=O) groups is 2. The number of amides is 2. The van der Waals surface area contributed by atoms with Crippen LogP contribution in [0.4, 0.5) is 5.00 Å². The summed E-state index contributed by atoms with van der Waals surface area (Å²) in [5.74, 6) is -1.04. The van der Waals surface area contributed by atoms with Crippen LogP contribution in [0, 0.1) is 0 Å². The Kier molecular flexibility index (Phi) is 7.19. The fourth-order valence-corrected chi connectivity index (χ4v) is 6.85. The van der Waals surface area contributed by atoms with Crippen LogP contribution in [0.25, 0.3) is 0 Å². The van der Waals surface area contributed by atoms with E-state index in [1.165, 1.54) is 47.7 Å². The molecule has 190 valence electrons. The first kappa shape index (κ1) is 25.3. The first-order valence-electron chi connectivity index (χ1n) is 11.7. The van der Waals surface area contributed by atoms with Gasteiger partial charge >= 0.3 is 0 Å². The maximum atomic E-state index is 13.1. The van der Waals surface area contributed by atoms with E-state index in [2.05, 4.69) is 10.6 Å². The third-order valence-corrected chi connectivity index (χ3v) is 9.21. The number of benzene rings is 2. The van der Waals surface area contributed by atoms with E-state index < -0.39 is 15.7 Å². The minimum atomic E-state index is -3.96. The molecule has 2 N–H and O–H groups in total. The maximum absolute atomic E-state index is 13.1. The van der Waals surface area contributed by atoms with Crippen LogP contribution in [0.2, 0.25) is 5.02 Å². The summed E-state index contributed by atoms with van der Waals surface area (Å²) < 4.78 is 31.2. The van der Waals surface area contributed by atoms with Gasteiger partial charge in [0.05, 0.1) is 10.5 Å². The molecule has 0 bridgehead atoms. The molecule has 4 aromatic rings. The Morgan fingerprint density at radius 1 is 0.946 bits per heavy atom. The van der Waals surface area contributed by atoms with E-state index in [0.717, 1.165) is 35.3 Å². The average Bonchev–Trinajstić information content (AvgIpc) is 3.62. The number of nitrogens with one attached hydrogen (secondary N) is 2. The Balaban J connectivity index is 1.32. The van der Waals surface area contributed by atoms with E-state index in [4.69, 9.17) is 16.0 Å². The van der Waals surface area contributed by atoms with E-state index in [-0.39, 0.29) is 21.7 Å². The standard InChI is InChI=1S/C27H23ClN2O5S2/c28-18-9-11-19(12-10-18)37(33,34)23-14-13-21(35-23)25(31)30-27-24(20-7-4-8-22(20)36-27)26(32)29-16-15-17-5-2-1-3-6-17/h1-3,5-6,9-14H,4,7-8,15-16H2,(H,29,32)(H,30,31). The molecule has 1 aliphatic carbocycles. The molecule has 10 heteroatoms. The minimum absolute atomic E-state index is 0.00218. The smallest absolute Gasteiger partial charge is 0.292 e. The van der Waals surface area contributed by atoms with Gasteiger partial charge in [-0.05, 0) is 73.2 Å². The lowest BCUT2D eigenvalue weighted by Gasteiger charge is -2.09. The first-order chi connectivity index (χ1) is 17.8. The molecule has 0 atom stereocenters. The summed E-state index contributed by atoms with van der Waals surface area (Å²) in [6.07, 6.45) is 3.28. The highest BCUT2D eigenvalue weighted by Gasteiger charge is 2.29. The number of halogens is 1. The van der Waals surface area contributed by atoms with Gasteiger partial charge in [-0.15, -0.1) is 11.3 Å². The molecular weight excluding hydrogens is 532 g/mol. The summed E-state index contributed by atoms with van der Waals surface area (Å²) in [6, 6.07) is 18.1. The van der Waals surface area contributed by atoms with Crippen molar-refractivity contribution in [3.63, 3.8) is 0 Å². The number of aryl methyl sites for hydroxylation is 1. The van der Waals surface area contributed by atoms with Gasteiger partial charge in [0.15, 0.2) is 5.76 Å². The van der Waals surface area contributed by atoms with Gasteiger partial charge in [-0.1, -0.05) is 41.9 Å². The van der Waals surface area contributed by atoms with Gasteiger partial charge in [-0.3, -0.25) is 9.59 Å². The number of hydrogen-bond donors (Lipinski definition) is 2. The average molecular weight is 555 g/mol. The van der Waals surface area contributed by atoms with E-state index in [0.29, 0.717) is 28.6 Å². The van der Waals surface area contributed by atoms with Gasteiger partial charge in [-0.25, -0.2) is 8.42 Å². The van der Waals surface area contributed by atoms with Gasteiger partial charge < -0.3 is 15.1 Å². The lowest BCUT2D eigenvalue weighted by atomic mass is 10.1. The zero-order valence-electron chi connectivity index (χ0n) is 19.6. The van der Waals surface area contributed by atoms with E-state index in [1.807, 2.05) is 30.3 Å². The Bertz CT molecular complexity index is 1560. The third-order valence-electron chi connectivity index (χ3n) is 6.11. The predicted molar refractivity (Wildman–Crippen MR) is 142 cm³/mol. The first-order valence-corrected chi connectivity index (χ1v) is 14.4. The molecule has 0 saturated heterocycles. The Morgan fingerprint density at radius 2 is 1.70 bits per heavy atom. The van der Waals surface area contributed by atoms with Crippen molar-refractivity contribution in [1.29, 1.82) is 0 Å². The van der Waals surface area contributed by atoms with Crippen molar-refractivity contribution < 1.29 is 22.4 Å². The predicted octanol–water partition coefficient (Wildman–Crippen LogP) is 5.54. The number of thiophene rings is 1. The fraction of sp³-hybridized carbons (Fsp3) is 0.185. The fourth-order valence-electron chi connectivity index (χ4n) is 4.27. The molecule has 2 aromatic carbocycles. The second kappa shape index (κ2) is 10.5. The highest BCUT2D eigenvalue weighted by molar-refractivity contribution is 7.91. The number of sulfone groups is 1. The van der Waals surface area contributed by atoms with Crippen molar-refractivity contribution in [1.82, 2.24) is 5.32 Å². The monoisotopic (exact) mass is 554 g/mol. The number of fused-ring (bicyclic) bond motifs is 1. The lowest BCUT2D eigenvalue weighted by molar-refractivity contribution is 0.0954. The molecular formula is C27H23ClN2O5S2. The van der Waals surface area contributed by atoms with Crippen LogP contribution in [0.15, 0.2) is 81.1 Å². The van der Waals surface area contributed by atoms with Gasteiger partial charge in [0.1, 0.15) is 5.00 Å². The summed E-state index contributed by atoms with van der Waals surface area (Å²) in [7, 11) is -3.96. The van der Waals surface area contributed by atoms with Gasteiger partial charge in [0.2, 0.25) is 14.9 Å². The van der Waals surface area contributed by atoms with Gasteiger partial charge in [0, 0.05) is 16.4 Å². The second-order valence-electron chi connectivity index (χ2n) is 8.58. The Hall–Kier alpha value is -3.40. The summed E-state index contributed by atoms with van der Waals surface area (Å²) in [6.45, 7) is 0.463. The molecule has 37 heavy (non-hydrogen) atoms. The second-order valence-corrected chi connectivity index (χ2v) is 12.0. The molecule has 0 fully saturated rings. The van der Waals surface area contributed by atoms with Gasteiger partial charge in [0.25, 0.3) is 11.8 Å². The molecule has 0 spiro atoms. The van der Waals surface area contributed by atoms with Crippen LogP contribution in [-0.2, 0) is 29.1 Å². The van der Waals surface area contributed by atoms with Crippen molar-refractivity contribution in [3.8, 4) is 0 Å². The number of carbonyl (C=O) groups excluding carboxylic acids is 2. The van der Waals surface area contributed by atoms with E-state index >= 15 is 0 Å². The molecule has 1 aliphatic rings. The van der Waals surface area contributed by atoms with Crippen molar-refractivity contribution in [3.05, 3.63) is 99.1 Å². The normalized spacial score (nSPS) is 12.8. The van der Waals surface area contributed by atoms with Crippen molar-refractivity contribution in [2.75, 3.05) is 11.9 Å². The van der Waals surface area contributed by atoms with Crippen molar-refractivity contribution in [2.24, 2.45) is 0 Å². The molecule has 0 radical (unpaired) electrons. The summed E-state index contributed by atoms with van der Waals surface area (Å²) in [5.41, 5.74) is 2.55. The molecule has 2 amide bonds. The molecule has 7 nitrogen and oxygen atoms in total. The maximum Gasteiger partial charge on any atom is 0.292 e. The third kappa shape index (κ3) is 5.34. The number of anilines is 1. The molecule has 0 unspecified atom stereocenters. The van der Waals surface area contributed by atoms with Crippen LogP contribution >= 0.6 is 22.9 Å². The van der Waals surface area contributed by atoms with Crippen molar-refractivity contribution >= 4 is 49.6 Å². The molecule has 2 aromatic heterocycles. The summed E-state index contributed by atoms with van der Waals surface area (Å²) in [5, 5.41) is 6.22. The van der Waals surface area contributed by atoms with E-state index in [1.54, 1.807) is 0 Å². The SMILES string of the molecule is O=C(Nc1sc2c(c1C(=O)NCCc1ccccc1)CCC2)c1ccc(S(=O)(=O)c2ccc(Cl)cc2)o1. The van der Waals surface area contributed by atoms with Crippen molar-refractivity contribution in [2.45, 2.75) is 35.7 Å². The largest absolute Gasteiger partial charge is 0.439 e. The Morgan fingerprint density at radius 3 is 2.46 bits per heavy atom. The number of hydrogen-bond acceptors (Lipinski definition) is 6. The topological polar surface area (TPSA) is 105 Å².